The molecule has 0 aromatic carbocycles. The van der Waals surface area contributed by atoms with Gasteiger partial charge >= 0.3 is 12.1 Å². The number of alkyl halides is 3. The molecule has 0 radical (unpaired) electrons. The van der Waals surface area contributed by atoms with Crippen molar-refractivity contribution in [3.63, 3.8) is 0 Å². The first kappa shape index (κ1) is 17.3. The molecule has 2 nitrogen and oxygen atoms in total. The predicted octanol–water partition coefficient (Wildman–Crippen LogP) is 4.43. The Morgan fingerprint density at radius 2 is 1.72 bits per heavy atom. The lowest BCUT2D eigenvalue weighted by molar-refractivity contribution is -0.150. The van der Waals surface area contributed by atoms with Crippen LogP contribution in [0, 0.1) is 5.92 Å². The Bertz CT molecular complexity index is 340. The molecule has 0 saturated carbocycles. The minimum atomic E-state index is -4.64. The molecule has 1 unspecified atom stereocenters. The highest BCUT2D eigenvalue weighted by Gasteiger charge is 2.41. The second-order valence-corrected chi connectivity index (χ2v) is 5.41. The molecule has 0 saturated heterocycles. The topological polar surface area (TPSA) is 26.3 Å². The third-order valence-electron chi connectivity index (χ3n) is 2.23. The lowest BCUT2D eigenvalue weighted by atomic mass is 9.97. The Labute approximate surface area is 110 Å². The van der Waals surface area contributed by atoms with E-state index in [1.807, 2.05) is 0 Å². The maximum Gasteiger partial charge on any atom is 0.414 e. The lowest BCUT2D eigenvalue weighted by Crippen LogP contribution is -2.27. The highest BCUT2D eigenvalue weighted by atomic mass is 35.5. The van der Waals surface area contributed by atoms with Crippen molar-refractivity contribution in [2.45, 2.75) is 52.8 Å². The summed E-state index contributed by atoms with van der Waals surface area (Å²) in [7, 11) is 0. The van der Waals surface area contributed by atoms with Crippen molar-refractivity contribution in [3.8, 4) is 0 Å². The molecular weight excluding hydrogens is 269 g/mol. The highest BCUT2D eigenvalue weighted by Crippen LogP contribution is 2.37. The monoisotopic (exact) mass is 286 g/mol. The van der Waals surface area contributed by atoms with Gasteiger partial charge in [-0.05, 0) is 33.1 Å². The van der Waals surface area contributed by atoms with Gasteiger partial charge in [0.25, 0.3) is 0 Å². The summed E-state index contributed by atoms with van der Waals surface area (Å²) in [6, 6.07) is 0. The van der Waals surface area contributed by atoms with Gasteiger partial charge in [0.2, 0.25) is 0 Å². The van der Waals surface area contributed by atoms with Gasteiger partial charge in [-0.15, -0.1) is 0 Å². The summed E-state index contributed by atoms with van der Waals surface area (Å²) < 4.78 is 43.4. The first-order chi connectivity index (χ1) is 7.90. The van der Waals surface area contributed by atoms with Crippen molar-refractivity contribution >= 4 is 17.6 Å². The van der Waals surface area contributed by atoms with Crippen LogP contribution in [0.15, 0.2) is 10.6 Å². The molecule has 106 valence electrons. The SMILES string of the molecule is CCC(C)/C(=C(\Cl)C(=O)OC(C)(C)C)C(F)(F)F. The van der Waals surface area contributed by atoms with Gasteiger partial charge in [0, 0.05) is 0 Å². The van der Waals surface area contributed by atoms with E-state index in [4.69, 9.17) is 16.3 Å². The molecule has 0 amide bonds. The quantitative estimate of drug-likeness (QED) is 0.567. The second kappa shape index (κ2) is 5.95. The molecule has 0 aliphatic rings. The number of carbonyl (C=O) groups is 1. The number of hydrogen-bond donors (Lipinski definition) is 0. The van der Waals surface area contributed by atoms with Gasteiger partial charge in [-0.2, -0.15) is 13.2 Å². The zero-order valence-electron chi connectivity index (χ0n) is 11.1. The molecule has 0 heterocycles. The average Bonchev–Trinajstić information content (AvgIpc) is 2.12. The van der Waals surface area contributed by atoms with Gasteiger partial charge in [0.05, 0.1) is 5.57 Å². The Morgan fingerprint density at radius 3 is 2.00 bits per heavy atom. The Kier molecular flexibility index (Phi) is 5.72. The number of halogens is 4. The molecule has 0 aromatic rings. The van der Waals surface area contributed by atoms with Crippen molar-refractivity contribution in [2.24, 2.45) is 5.92 Å². The number of hydrogen-bond acceptors (Lipinski definition) is 2. The van der Waals surface area contributed by atoms with Gasteiger partial charge in [-0.1, -0.05) is 25.4 Å². The zero-order valence-corrected chi connectivity index (χ0v) is 11.9. The third-order valence-corrected chi connectivity index (χ3v) is 2.58. The fraction of sp³-hybridized carbons (Fsp3) is 0.750. The zero-order chi connectivity index (χ0) is 14.7. The normalized spacial score (nSPS) is 16.1. The van der Waals surface area contributed by atoms with E-state index in [0.29, 0.717) is 0 Å². The standard InChI is InChI=1S/C12H18ClF3O2/c1-6-7(2)8(12(14,15)16)9(13)10(17)18-11(3,4)5/h7H,6H2,1-5H3/b9-8+. The van der Waals surface area contributed by atoms with Crippen LogP contribution in [0.2, 0.25) is 0 Å². The van der Waals surface area contributed by atoms with Crippen molar-refractivity contribution in [2.75, 3.05) is 0 Å². The average molecular weight is 287 g/mol. The predicted molar refractivity (Wildman–Crippen MR) is 64.2 cm³/mol. The van der Waals surface area contributed by atoms with E-state index in [-0.39, 0.29) is 6.42 Å². The number of ether oxygens (including phenoxy) is 1. The van der Waals surface area contributed by atoms with Crippen molar-refractivity contribution in [1.82, 2.24) is 0 Å². The van der Waals surface area contributed by atoms with E-state index in [1.165, 1.54) is 6.92 Å². The molecule has 18 heavy (non-hydrogen) atoms. The van der Waals surface area contributed by atoms with Crippen LogP contribution in [0.1, 0.15) is 41.0 Å². The van der Waals surface area contributed by atoms with Gasteiger partial charge < -0.3 is 4.74 Å². The van der Waals surface area contributed by atoms with E-state index < -0.39 is 34.3 Å². The summed E-state index contributed by atoms with van der Waals surface area (Å²) in [6.45, 7) is 7.65. The minimum Gasteiger partial charge on any atom is -0.456 e. The maximum atomic E-state index is 12.9. The van der Waals surface area contributed by atoms with E-state index in [0.717, 1.165) is 0 Å². The van der Waals surface area contributed by atoms with Crippen LogP contribution in [0.3, 0.4) is 0 Å². The largest absolute Gasteiger partial charge is 0.456 e. The summed E-state index contributed by atoms with van der Waals surface area (Å²) in [5.74, 6) is -2.00. The minimum absolute atomic E-state index is 0.230. The fourth-order valence-electron chi connectivity index (χ4n) is 1.26. The molecule has 0 fully saturated rings. The molecule has 1 atom stereocenters. The number of carbonyl (C=O) groups excluding carboxylic acids is 1. The number of esters is 1. The van der Waals surface area contributed by atoms with Gasteiger partial charge in [0.15, 0.2) is 0 Å². The van der Waals surface area contributed by atoms with Crippen LogP contribution in [-0.4, -0.2) is 17.7 Å². The fourth-order valence-corrected chi connectivity index (χ4v) is 1.59. The van der Waals surface area contributed by atoms with Crippen molar-refractivity contribution in [3.05, 3.63) is 10.6 Å². The summed E-state index contributed by atoms with van der Waals surface area (Å²) in [5.41, 5.74) is -1.91. The van der Waals surface area contributed by atoms with Gasteiger partial charge in [-0.3, -0.25) is 0 Å². The first-order valence-electron chi connectivity index (χ1n) is 5.60. The molecule has 0 bridgehead atoms. The maximum absolute atomic E-state index is 12.9. The summed E-state index contributed by atoms with van der Waals surface area (Å²) in [6.07, 6.45) is -4.41. The van der Waals surface area contributed by atoms with Crippen LogP contribution in [0.5, 0.6) is 0 Å². The van der Waals surface area contributed by atoms with Crippen molar-refractivity contribution < 1.29 is 22.7 Å². The third kappa shape index (κ3) is 5.29. The Hall–Kier alpha value is -0.710. The molecule has 0 spiro atoms. The summed E-state index contributed by atoms with van der Waals surface area (Å²) >= 11 is 5.55. The van der Waals surface area contributed by atoms with Gasteiger partial charge in [-0.25, -0.2) is 4.79 Å². The second-order valence-electron chi connectivity index (χ2n) is 5.04. The van der Waals surface area contributed by atoms with Crippen LogP contribution in [-0.2, 0) is 9.53 Å². The Balaban J connectivity index is 5.42. The molecule has 0 N–H and O–H groups in total. The molecule has 0 aromatic heterocycles. The highest BCUT2D eigenvalue weighted by molar-refractivity contribution is 6.41. The summed E-state index contributed by atoms with van der Waals surface area (Å²) in [5, 5.41) is -0.883. The van der Waals surface area contributed by atoms with Crippen LogP contribution < -0.4 is 0 Å². The molecular formula is C12H18ClF3O2. The van der Waals surface area contributed by atoms with E-state index in [9.17, 15) is 18.0 Å². The number of rotatable bonds is 3. The smallest absolute Gasteiger partial charge is 0.414 e. The Morgan fingerprint density at radius 1 is 1.28 bits per heavy atom. The van der Waals surface area contributed by atoms with Crippen LogP contribution in [0.25, 0.3) is 0 Å². The lowest BCUT2D eigenvalue weighted by Gasteiger charge is -2.22. The molecule has 0 rings (SSSR count). The first-order valence-corrected chi connectivity index (χ1v) is 5.98. The van der Waals surface area contributed by atoms with Crippen molar-refractivity contribution in [1.29, 1.82) is 0 Å². The van der Waals surface area contributed by atoms with E-state index >= 15 is 0 Å². The van der Waals surface area contributed by atoms with E-state index in [2.05, 4.69) is 0 Å². The van der Waals surface area contributed by atoms with E-state index in [1.54, 1.807) is 27.7 Å². The van der Waals surface area contributed by atoms with Crippen LogP contribution >= 0.6 is 11.6 Å². The number of allylic oxidation sites excluding steroid dienone is 1. The molecule has 6 heteroatoms. The summed E-state index contributed by atoms with van der Waals surface area (Å²) in [4.78, 5) is 11.6. The van der Waals surface area contributed by atoms with Crippen LogP contribution in [0.4, 0.5) is 13.2 Å². The molecule has 0 aliphatic heterocycles. The van der Waals surface area contributed by atoms with Gasteiger partial charge in [0.1, 0.15) is 10.6 Å². The molecule has 0 aliphatic carbocycles.